The Labute approximate surface area is 174 Å². The first-order valence-corrected chi connectivity index (χ1v) is 11.3. The van der Waals surface area contributed by atoms with Gasteiger partial charge in [-0.15, -0.1) is 0 Å². The smallest absolute Gasteiger partial charge is 0.185 e. The predicted molar refractivity (Wildman–Crippen MR) is 115 cm³/mol. The molecule has 0 aromatic heterocycles. The highest BCUT2D eigenvalue weighted by molar-refractivity contribution is 6.04. The van der Waals surface area contributed by atoms with Gasteiger partial charge >= 0.3 is 0 Å². The largest absolute Gasteiger partial charge is 0.289 e. The highest BCUT2D eigenvalue weighted by atomic mass is 19.2. The van der Waals surface area contributed by atoms with Gasteiger partial charge in [-0.05, 0) is 74.8 Å². The summed E-state index contributed by atoms with van der Waals surface area (Å²) in [5, 5.41) is 0. The van der Waals surface area contributed by atoms with Gasteiger partial charge in [-0.2, -0.15) is 0 Å². The summed E-state index contributed by atoms with van der Waals surface area (Å²) in [4.78, 5) is 11.7. The minimum Gasteiger partial charge on any atom is -0.289 e. The molecule has 158 valence electrons. The van der Waals surface area contributed by atoms with Gasteiger partial charge in [0.2, 0.25) is 0 Å². The Kier molecular flexibility index (Phi) is 7.80. The Balaban J connectivity index is 1.55. The first kappa shape index (κ1) is 21.9. The Morgan fingerprint density at radius 2 is 1.45 bits per heavy atom. The lowest BCUT2D eigenvalue weighted by Crippen LogP contribution is -2.19. The van der Waals surface area contributed by atoms with Crippen LogP contribution in [0.1, 0.15) is 93.0 Å². The highest BCUT2D eigenvalue weighted by Crippen LogP contribution is 2.43. The monoisotopic (exact) mass is 400 g/mol. The molecule has 1 aromatic rings. The van der Waals surface area contributed by atoms with E-state index in [2.05, 4.69) is 13.5 Å². The molecule has 2 fully saturated rings. The van der Waals surface area contributed by atoms with Crippen LogP contribution in [0.15, 0.2) is 48.6 Å². The minimum absolute atomic E-state index is 0.0772. The molecule has 3 heteroatoms. The molecule has 2 aliphatic carbocycles. The molecule has 0 N–H and O–H groups in total. The van der Waals surface area contributed by atoms with Gasteiger partial charge in [0.05, 0.1) is 0 Å². The molecule has 0 bridgehead atoms. The maximum absolute atomic E-state index is 14.9. The van der Waals surface area contributed by atoms with Gasteiger partial charge < -0.3 is 0 Å². The normalized spacial score (nSPS) is 28.5. The van der Waals surface area contributed by atoms with Crippen LogP contribution >= 0.6 is 0 Å². The zero-order valence-corrected chi connectivity index (χ0v) is 17.6. The van der Waals surface area contributed by atoms with E-state index in [0.29, 0.717) is 30.2 Å². The van der Waals surface area contributed by atoms with Crippen molar-refractivity contribution in [3.63, 3.8) is 0 Å². The summed E-state index contributed by atoms with van der Waals surface area (Å²) in [7, 11) is 0. The standard InChI is InChI=1S/C26H34F2O/c1-3-5-18-6-8-22(9-7-18)25(27)26(28)23-16-12-20(13-17-23)19-10-14-21(15-11-19)24(29)4-2/h4,10-11,14-15,18,20,22-23H,2-3,5-9,12-13,16-17H2,1H3/b26-25+. The van der Waals surface area contributed by atoms with Crippen LogP contribution in [0.25, 0.3) is 0 Å². The number of allylic oxidation sites excluding steroid dienone is 3. The van der Waals surface area contributed by atoms with Crippen molar-refractivity contribution in [1.29, 1.82) is 0 Å². The number of ketones is 1. The average molecular weight is 401 g/mol. The Morgan fingerprint density at radius 3 is 1.93 bits per heavy atom. The van der Waals surface area contributed by atoms with Crippen molar-refractivity contribution in [2.24, 2.45) is 17.8 Å². The Bertz CT molecular complexity index is 718. The average Bonchev–Trinajstić information content (AvgIpc) is 2.78. The van der Waals surface area contributed by atoms with Gasteiger partial charge in [-0.25, -0.2) is 8.78 Å². The van der Waals surface area contributed by atoms with E-state index in [0.717, 1.165) is 38.5 Å². The fraction of sp³-hybridized carbons (Fsp3) is 0.577. The lowest BCUT2D eigenvalue weighted by atomic mass is 9.76. The number of carbonyl (C=O) groups is 1. The van der Waals surface area contributed by atoms with E-state index in [1.165, 1.54) is 24.5 Å². The van der Waals surface area contributed by atoms with Crippen LogP contribution in [-0.2, 0) is 0 Å². The van der Waals surface area contributed by atoms with E-state index < -0.39 is 11.7 Å². The molecule has 0 saturated heterocycles. The molecule has 2 aliphatic rings. The van der Waals surface area contributed by atoms with Crippen molar-refractivity contribution in [2.75, 3.05) is 0 Å². The third-order valence-corrected chi connectivity index (χ3v) is 7.07. The van der Waals surface area contributed by atoms with E-state index in [9.17, 15) is 13.6 Å². The van der Waals surface area contributed by atoms with Gasteiger partial charge in [0, 0.05) is 17.4 Å². The fourth-order valence-corrected chi connectivity index (χ4v) is 5.22. The van der Waals surface area contributed by atoms with Crippen LogP contribution in [0.3, 0.4) is 0 Å². The molecular formula is C26H34F2O. The summed E-state index contributed by atoms with van der Waals surface area (Å²) in [6.07, 6.45) is 10.5. The second-order valence-electron chi connectivity index (χ2n) is 8.94. The van der Waals surface area contributed by atoms with E-state index in [1.807, 2.05) is 24.3 Å². The number of benzene rings is 1. The molecular weight excluding hydrogens is 366 g/mol. The van der Waals surface area contributed by atoms with Crippen molar-refractivity contribution in [3.05, 3.63) is 59.7 Å². The Morgan fingerprint density at radius 1 is 0.931 bits per heavy atom. The Hall–Kier alpha value is -1.77. The second kappa shape index (κ2) is 10.3. The van der Waals surface area contributed by atoms with Gasteiger partial charge in [0.25, 0.3) is 0 Å². The molecule has 0 heterocycles. The van der Waals surface area contributed by atoms with Crippen LogP contribution in [0, 0.1) is 17.8 Å². The second-order valence-corrected chi connectivity index (χ2v) is 8.94. The first-order chi connectivity index (χ1) is 14.0. The van der Waals surface area contributed by atoms with Crippen molar-refractivity contribution >= 4 is 5.78 Å². The molecule has 3 rings (SSSR count). The van der Waals surface area contributed by atoms with Crippen LogP contribution in [0.2, 0.25) is 0 Å². The molecule has 0 spiro atoms. The third kappa shape index (κ3) is 5.43. The van der Waals surface area contributed by atoms with E-state index in [-0.39, 0.29) is 17.6 Å². The molecule has 29 heavy (non-hydrogen) atoms. The topological polar surface area (TPSA) is 17.1 Å². The molecule has 0 atom stereocenters. The van der Waals surface area contributed by atoms with E-state index in [1.54, 1.807) is 0 Å². The zero-order chi connectivity index (χ0) is 20.8. The van der Waals surface area contributed by atoms with Gasteiger partial charge in [-0.1, -0.05) is 50.6 Å². The lowest BCUT2D eigenvalue weighted by molar-refractivity contribution is 0.104. The summed E-state index contributed by atoms with van der Waals surface area (Å²) in [6.45, 7) is 5.71. The van der Waals surface area contributed by atoms with Crippen molar-refractivity contribution in [1.82, 2.24) is 0 Å². The summed E-state index contributed by atoms with van der Waals surface area (Å²) in [5.74, 6) is -0.385. The molecule has 0 aliphatic heterocycles. The van der Waals surface area contributed by atoms with Crippen molar-refractivity contribution in [2.45, 2.75) is 77.0 Å². The van der Waals surface area contributed by atoms with E-state index in [4.69, 9.17) is 0 Å². The summed E-state index contributed by atoms with van der Waals surface area (Å²) in [6, 6.07) is 7.65. The third-order valence-electron chi connectivity index (χ3n) is 7.07. The van der Waals surface area contributed by atoms with Gasteiger partial charge in [0.1, 0.15) is 11.7 Å². The summed E-state index contributed by atoms with van der Waals surface area (Å²) in [5.41, 5.74) is 1.82. The molecule has 1 nitrogen and oxygen atoms in total. The number of carbonyl (C=O) groups excluding carboxylic acids is 1. The van der Waals surface area contributed by atoms with Crippen LogP contribution < -0.4 is 0 Å². The van der Waals surface area contributed by atoms with Crippen molar-refractivity contribution in [3.8, 4) is 0 Å². The molecule has 0 amide bonds. The number of hydrogen-bond donors (Lipinski definition) is 0. The minimum atomic E-state index is -0.464. The predicted octanol–water partition coefficient (Wildman–Crippen LogP) is 8.09. The molecule has 1 aromatic carbocycles. The number of rotatable bonds is 7. The molecule has 2 saturated carbocycles. The van der Waals surface area contributed by atoms with Gasteiger partial charge in [-0.3, -0.25) is 4.79 Å². The van der Waals surface area contributed by atoms with Gasteiger partial charge in [0.15, 0.2) is 5.78 Å². The summed E-state index contributed by atoms with van der Waals surface area (Å²) < 4.78 is 29.7. The highest BCUT2D eigenvalue weighted by Gasteiger charge is 2.31. The summed E-state index contributed by atoms with van der Waals surface area (Å²) >= 11 is 0. The maximum atomic E-state index is 14.9. The number of hydrogen-bond acceptors (Lipinski definition) is 1. The van der Waals surface area contributed by atoms with Crippen LogP contribution in [0.4, 0.5) is 8.78 Å². The fourth-order valence-electron chi connectivity index (χ4n) is 5.22. The molecule has 0 radical (unpaired) electrons. The van der Waals surface area contributed by atoms with Crippen molar-refractivity contribution < 1.29 is 13.6 Å². The zero-order valence-electron chi connectivity index (χ0n) is 17.6. The van der Waals surface area contributed by atoms with Crippen LogP contribution in [0.5, 0.6) is 0 Å². The molecule has 0 unspecified atom stereocenters. The number of halogens is 2. The quantitative estimate of drug-likeness (QED) is 0.334. The van der Waals surface area contributed by atoms with E-state index >= 15 is 0 Å². The lowest BCUT2D eigenvalue weighted by Gasteiger charge is -2.31. The maximum Gasteiger partial charge on any atom is 0.185 e. The van der Waals surface area contributed by atoms with Crippen LogP contribution in [-0.4, -0.2) is 5.78 Å². The SMILES string of the molecule is C=CC(=O)c1ccc(C2CCC(/C(F)=C(\F)C3CCC(CCC)CC3)CC2)cc1. The first-order valence-electron chi connectivity index (χ1n) is 11.3.